The maximum Gasteiger partial charge on any atom is 0.261 e. The van der Waals surface area contributed by atoms with Crippen molar-refractivity contribution < 1.29 is 9.32 Å². The number of nitrogens with one attached hydrogen (secondary N) is 2. The molecule has 0 radical (unpaired) electrons. The van der Waals surface area contributed by atoms with Crippen molar-refractivity contribution in [2.45, 2.75) is 47.1 Å². The van der Waals surface area contributed by atoms with Gasteiger partial charge in [0, 0.05) is 11.3 Å². The number of aromatic nitrogens is 2. The zero-order valence-corrected chi connectivity index (χ0v) is 13.7. The number of hydrogen-bond acceptors (Lipinski definition) is 4. The molecule has 0 saturated carbocycles. The molecule has 2 N–H and O–H groups in total. The van der Waals surface area contributed by atoms with Gasteiger partial charge in [-0.1, -0.05) is 5.16 Å². The van der Waals surface area contributed by atoms with Crippen LogP contribution in [0.15, 0.2) is 15.4 Å². The van der Waals surface area contributed by atoms with Crippen LogP contribution in [0.25, 0.3) is 0 Å². The van der Waals surface area contributed by atoms with Crippen LogP contribution in [-0.4, -0.2) is 16.0 Å². The van der Waals surface area contributed by atoms with Crippen LogP contribution >= 0.6 is 0 Å². The van der Waals surface area contributed by atoms with Crippen molar-refractivity contribution in [1.29, 1.82) is 0 Å². The Morgan fingerprint density at radius 2 is 1.91 bits per heavy atom. The number of H-pyrrole nitrogens is 1. The average Bonchev–Trinajstić information content (AvgIpc) is 2.73. The Balaban J connectivity index is 2.36. The molecule has 0 atom stereocenters. The number of aryl methyl sites for hydroxylation is 4. The number of hydrogen-bond donors (Lipinski definition) is 2. The van der Waals surface area contributed by atoms with Gasteiger partial charge in [-0.2, -0.15) is 0 Å². The van der Waals surface area contributed by atoms with Crippen molar-refractivity contribution in [3.8, 4) is 0 Å². The van der Waals surface area contributed by atoms with Gasteiger partial charge in [0.25, 0.3) is 11.5 Å². The molecule has 0 fully saturated rings. The standard InChI is InChI=1S/C16H21N3O3/c1-8-7-12(14(20)17-9(8)2)15(21)18-16(5,6)13-10(3)19-22-11(13)4/h7H,1-6H3,(H,17,20)(H,18,21). The van der Waals surface area contributed by atoms with E-state index < -0.39 is 17.0 Å². The van der Waals surface area contributed by atoms with Gasteiger partial charge < -0.3 is 14.8 Å². The van der Waals surface area contributed by atoms with E-state index in [2.05, 4.69) is 15.5 Å². The summed E-state index contributed by atoms with van der Waals surface area (Å²) in [5.74, 6) is 0.228. The first-order chi connectivity index (χ1) is 10.1. The number of aromatic amines is 1. The Morgan fingerprint density at radius 1 is 1.27 bits per heavy atom. The van der Waals surface area contributed by atoms with Crippen LogP contribution in [0.3, 0.4) is 0 Å². The summed E-state index contributed by atoms with van der Waals surface area (Å²) in [5, 5.41) is 6.80. The number of carbonyl (C=O) groups is 1. The van der Waals surface area contributed by atoms with Gasteiger partial charge in [-0.3, -0.25) is 9.59 Å². The predicted molar refractivity (Wildman–Crippen MR) is 83.0 cm³/mol. The van der Waals surface area contributed by atoms with Crippen LogP contribution in [0.1, 0.15) is 52.5 Å². The molecule has 0 aliphatic carbocycles. The second-order valence-corrected chi connectivity index (χ2v) is 6.10. The third-order valence-corrected chi connectivity index (χ3v) is 3.83. The highest BCUT2D eigenvalue weighted by atomic mass is 16.5. The Hall–Kier alpha value is -2.37. The van der Waals surface area contributed by atoms with Crippen LogP contribution in [0.5, 0.6) is 0 Å². The summed E-state index contributed by atoms with van der Waals surface area (Å²) in [6, 6.07) is 1.60. The third-order valence-electron chi connectivity index (χ3n) is 3.83. The second-order valence-electron chi connectivity index (χ2n) is 6.10. The highest BCUT2D eigenvalue weighted by molar-refractivity contribution is 5.94. The monoisotopic (exact) mass is 303 g/mol. The van der Waals surface area contributed by atoms with Crippen molar-refractivity contribution in [3.63, 3.8) is 0 Å². The molecule has 1 amide bonds. The summed E-state index contributed by atoms with van der Waals surface area (Å²) in [6.07, 6.45) is 0. The molecule has 6 heteroatoms. The third kappa shape index (κ3) is 2.81. The Kier molecular flexibility index (Phi) is 3.96. The molecular weight excluding hydrogens is 282 g/mol. The largest absolute Gasteiger partial charge is 0.361 e. The first-order valence-corrected chi connectivity index (χ1v) is 7.10. The quantitative estimate of drug-likeness (QED) is 0.910. The predicted octanol–water partition coefficient (Wildman–Crippen LogP) is 2.26. The molecule has 0 spiro atoms. The van der Waals surface area contributed by atoms with Crippen LogP contribution in [-0.2, 0) is 5.54 Å². The number of pyridine rings is 1. The molecule has 2 heterocycles. The molecule has 2 aromatic rings. The fraction of sp³-hybridized carbons (Fsp3) is 0.438. The Morgan fingerprint density at radius 3 is 2.45 bits per heavy atom. The summed E-state index contributed by atoms with van der Waals surface area (Å²) in [6.45, 7) is 11.0. The van der Waals surface area contributed by atoms with Crippen molar-refractivity contribution in [1.82, 2.24) is 15.5 Å². The topological polar surface area (TPSA) is 88.0 Å². The van der Waals surface area contributed by atoms with E-state index in [1.807, 2.05) is 27.7 Å². The van der Waals surface area contributed by atoms with Gasteiger partial charge in [-0.25, -0.2) is 0 Å². The Bertz CT molecular complexity index is 765. The molecule has 22 heavy (non-hydrogen) atoms. The van der Waals surface area contributed by atoms with Gasteiger partial charge in [0.05, 0.1) is 11.2 Å². The van der Waals surface area contributed by atoms with E-state index in [1.54, 1.807) is 19.9 Å². The second kappa shape index (κ2) is 5.44. The van der Waals surface area contributed by atoms with Gasteiger partial charge in [0.2, 0.25) is 0 Å². The van der Waals surface area contributed by atoms with Crippen molar-refractivity contribution in [3.05, 3.63) is 50.3 Å². The first-order valence-electron chi connectivity index (χ1n) is 7.10. The molecule has 0 unspecified atom stereocenters. The van der Waals surface area contributed by atoms with Crippen molar-refractivity contribution in [2.24, 2.45) is 0 Å². The molecule has 118 valence electrons. The van der Waals surface area contributed by atoms with E-state index >= 15 is 0 Å². The SMILES string of the molecule is Cc1cc(C(=O)NC(C)(C)c2c(C)noc2C)c(=O)[nH]c1C. The van der Waals surface area contributed by atoms with Crippen LogP contribution in [0.2, 0.25) is 0 Å². The number of carbonyl (C=O) groups excluding carboxylic acids is 1. The summed E-state index contributed by atoms with van der Waals surface area (Å²) in [7, 11) is 0. The molecule has 0 aromatic carbocycles. The maximum atomic E-state index is 12.5. The molecule has 0 saturated heterocycles. The van der Waals surface area contributed by atoms with Crippen molar-refractivity contribution >= 4 is 5.91 Å². The molecule has 0 aliphatic rings. The zero-order chi connectivity index (χ0) is 16.7. The van der Waals surface area contributed by atoms with Gasteiger partial charge in [0.1, 0.15) is 11.3 Å². The van der Waals surface area contributed by atoms with Crippen LogP contribution in [0, 0.1) is 27.7 Å². The van der Waals surface area contributed by atoms with E-state index in [0.717, 1.165) is 22.5 Å². The minimum absolute atomic E-state index is 0.0999. The first kappa shape index (κ1) is 16.0. The van der Waals surface area contributed by atoms with E-state index in [4.69, 9.17) is 4.52 Å². The lowest BCUT2D eigenvalue weighted by Gasteiger charge is -2.26. The molecule has 2 rings (SSSR count). The minimum Gasteiger partial charge on any atom is -0.361 e. The van der Waals surface area contributed by atoms with Crippen LogP contribution < -0.4 is 10.9 Å². The summed E-state index contributed by atoms with van der Waals surface area (Å²) in [5.41, 5.74) is 2.17. The lowest BCUT2D eigenvalue weighted by molar-refractivity contribution is 0.0910. The van der Waals surface area contributed by atoms with Gasteiger partial charge >= 0.3 is 0 Å². The van der Waals surface area contributed by atoms with Gasteiger partial charge in [-0.05, 0) is 53.2 Å². The number of amides is 1. The molecule has 0 aliphatic heterocycles. The normalized spacial score (nSPS) is 11.5. The fourth-order valence-corrected chi connectivity index (χ4v) is 2.68. The van der Waals surface area contributed by atoms with E-state index in [-0.39, 0.29) is 5.56 Å². The van der Waals surface area contributed by atoms with Gasteiger partial charge in [-0.15, -0.1) is 0 Å². The lowest BCUT2D eigenvalue weighted by Crippen LogP contribution is -2.43. The molecule has 6 nitrogen and oxygen atoms in total. The van der Waals surface area contributed by atoms with Gasteiger partial charge in [0.15, 0.2) is 0 Å². The molecular formula is C16H21N3O3. The van der Waals surface area contributed by atoms with E-state index in [0.29, 0.717) is 5.76 Å². The van der Waals surface area contributed by atoms with Crippen molar-refractivity contribution in [2.75, 3.05) is 0 Å². The molecule has 0 bridgehead atoms. The average molecular weight is 303 g/mol. The van der Waals surface area contributed by atoms with Crippen LogP contribution in [0.4, 0.5) is 0 Å². The minimum atomic E-state index is -0.698. The van der Waals surface area contributed by atoms with E-state index in [9.17, 15) is 9.59 Å². The maximum absolute atomic E-state index is 12.5. The number of rotatable bonds is 3. The molecule has 2 aromatic heterocycles. The summed E-state index contributed by atoms with van der Waals surface area (Å²) >= 11 is 0. The summed E-state index contributed by atoms with van der Waals surface area (Å²) in [4.78, 5) is 27.2. The number of nitrogens with zero attached hydrogens (tertiary/aromatic N) is 1. The highest BCUT2D eigenvalue weighted by Gasteiger charge is 2.30. The highest BCUT2D eigenvalue weighted by Crippen LogP contribution is 2.27. The smallest absolute Gasteiger partial charge is 0.261 e. The van der Waals surface area contributed by atoms with E-state index in [1.165, 1.54) is 0 Å². The summed E-state index contributed by atoms with van der Waals surface area (Å²) < 4.78 is 5.16. The fourth-order valence-electron chi connectivity index (χ4n) is 2.68. The zero-order valence-electron chi connectivity index (χ0n) is 13.7. The lowest BCUT2D eigenvalue weighted by atomic mass is 9.92. The Labute approximate surface area is 128 Å².